The monoisotopic (exact) mass is 322 g/mol. The lowest BCUT2D eigenvalue weighted by Crippen LogP contribution is -2.20. The third-order valence-electron chi connectivity index (χ3n) is 3.93. The highest BCUT2D eigenvalue weighted by atomic mass is 16.5. The Morgan fingerprint density at radius 1 is 1.25 bits per heavy atom. The van der Waals surface area contributed by atoms with Gasteiger partial charge in [0.05, 0.1) is 6.61 Å². The molecule has 1 N–H and O–H groups in total. The first-order valence-electron chi connectivity index (χ1n) is 8.29. The number of ether oxygens (including phenoxy) is 1. The molecule has 1 aromatic heterocycles. The van der Waals surface area contributed by atoms with Crippen LogP contribution in [0.25, 0.3) is 6.08 Å². The Hall–Kier alpha value is -2.62. The second-order valence-electron chi connectivity index (χ2n) is 6.22. The third kappa shape index (κ3) is 5.23. The highest BCUT2D eigenvalue weighted by molar-refractivity contribution is 5.91. The topological polar surface area (TPSA) is 51.2 Å². The molecule has 24 heavy (non-hydrogen) atoms. The number of carbonyl (C=O) groups excluding carboxylic acids is 1. The van der Waals surface area contributed by atoms with Crippen LogP contribution >= 0.6 is 0 Å². The lowest BCUT2D eigenvalue weighted by atomic mass is 10.1. The number of carbonyl (C=O) groups is 1. The molecule has 0 atom stereocenters. The largest absolute Gasteiger partial charge is 0.477 e. The van der Waals surface area contributed by atoms with Crippen LogP contribution in [0.15, 0.2) is 48.7 Å². The molecule has 0 unspecified atom stereocenters. The van der Waals surface area contributed by atoms with Gasteiger partial charge in [0, 0.05) is 24.9 Å². The highest BCUT2D eigenvalue weighted by Crippen LogP contribution is 2.29. The summed E-state index contributed by atoms with van der Waals surface area (Å²) in [5.74, 6) is 1.24. The van der Waals surface area contributed by atoms with Gasteiger partial charge in [-0.1, -0.05) is 35.9 Å². The number of hydrogen-bond acceptors (Lipinski definition) is 3. The molecule has 1 fully saturated rings. The van der Waals surface area contributed by atoms with E-state index in [4.69, 9.17) is 4.74 Å². The minimum Gasteiger partial charge on any atom is -0.477 e. The number of aromatic nitrogens is 1. The van der Waals surface area contributed by atoms with Crippen LogP contribution in [0.4, 0.5) is 0 Å². The minimum absolute atomic E-state index is 0.121. The van der Waals surface area contributed by atoms with E-state index in [-0.39, 0.29) is 5.91 Å². The summed E-state index contributed by atoms with van der Waals surface area (Å²) in [6.07, 6.45) is 7.62. The summed E-state index contributed by atoms with van der Waals surface area (Å²) < 4.78 is 5.60. The Bertz CT molecular complexity index is 701. The number of rotatable bonds is 7. The molecule has 1 aliphatic carbocycles. The number of pyridine rings is 1. The third-order valence-corrected chi connectivity index (χ3v) is 3.93. The first-order valence-corrected chi connectivity index (χ1v) is 8.29. The van der Waals surface area contributed by atoms with Gasteiger partial charge in [0.1, 0.15) is 0 Å². The van der Waals surface area contributed by atoms with E-state index in [0.29, 0.717) is 18.3 Å². The molecule has 1 amide bonds. The molecule has 2 aromatic rings. The smallest absolute Gasteiger partial charge is 0.244 e. The molecule has 0 radical (unpaired) electrons. The van der Waals surface area contributed by atoms with Gasteiger partial charge in [-0.05, 0) is 42.9 Å². The summed E-state index contributed by atoms with van der Waals surface area (Å²) in [5.41, 5.74) is 3.16. The molecule has 124 valence electrons. The van der Waals surface area contributed by atoms with E-state index in [1.54, 1.807) is 12.3 Å². The molecule has 0 aliphatic heterocycles. The van der Waals surface area contributed by atoms with Crippen molar-refractivity contribution in [2.75, 3.05) is 6.61 Å². The Balaban J connectivity index is 1.44. The summed E-state index contributed by atoms with van der Waals surface area (Å²) in [6.45, 7) is 3.25. The van der Waals surface area contributed by atoms with E-state index in [2.05, 4.69) is 10.3 Å². The maximum Gasteiger partial charge on any atom is 0.244 e. The van der Waals surface area contributed by atoms with E-state index < -0.39 is 0 Å². The van der Waals surface area contributed by atoms with Crippen molar-refractivity contribution in [2.45, 2.75) is 26.3 Å². The van der Waals surface area contributed by atoms with E-state index in [1.807, 2.05) is 49.4 Å². The van der Waals surface area contributed by atoms with Gasteiger partial charge in [-0.15, -0.1) is 0 Å². The molecule has 0 saturated heterocycles. The van der Waals surface area contributed by atoms with Crippen LogP contribution in [-0.2, 0) is 11.3 Å². The first kappa shape index (κ1) is 16.2. The van der Waals surface area contributed by atoms with E-state index in [0.717, 1.165) is 17.7 Å². The minimum atomic E-state index is -0.121. The van der Waals surface area contributed by atoms with Crippen molar-refractivity contribution < 1.29 is 9.53 Å². The van der Waals surface area contributed by atoms with Crippen LogP contribution in [0, 0.1) is 12.8 Å². The van der Waals surface area contributed by atoms with Gasteiger partial charge in [-0.2, -0.15) is 0 Å². The number of nitrogens with one attached hydrogen (secondary N) is 1. The van der Waals surface area contributed by atoms with E-state index >= 15 is 0 Å². The van der Waals surface area contributed by atoms with Crippen LogP contribution in [0.3, 0.4) is 0 Å². The zero-order valence-electron chi connectivity index (χ0n) is 13.9. The van der Waals surface area contributed by atoms with Gasteiger partial charge in [0.15, 0.2) is 0 Å². The van der Waals surface area contributed by atoms with Gasteiger partial charge in [0.2, 0.25) is 11.8 Å². The molecule has 4 heteroatoms. The number of hydrogen-bond donors (Lipinski definition) is 1. The van der Waals surface area contributed by atoms with Crippen molar-refractivity contribution in [1.29, 1.82) is 0 Å². The molecule has 1 heterocycles. The van der Waals surface area contributed by atoms with Crippen molar-refractivity contribution in [2.24, 2.45) is 5.92 Å². The predicted molar refractivity (Wildman–Crippen MR) is 94.5 cm³/mol. The molecule has 1 saturated carbocycles. The lowest BCUT2D eigenvalue weighted by molar-refractivity contribution is -0.116. The van der Waals surface area contributed by atoms with Crippen LogP contribution < -0.4 is 10.1 Å². The van der Waals surface area contributed by atoms with Crippen molar-refractivity contribution >= 4 is 12.0 Å². The van der Waals surface area contributed by atoms with Crippen molar-refractivity contribution in [1.82, 2.24) is 10.3 Å². The number of aryl methyl sites for hydroxylation is 1. The number of benzene rings is 1. The summed E-state index contributed by atoms with van der Waals surface area (Å²) in [7, 11) is 0. The summed E-state index contributed by atoms with van der Waals surface area (Å²) >= 11 is 0. The summed E-state index contributed by atoms with van der Waals surface area (Å²) in [5, 5.41) is 2.85. The van der Waals surface area contributed by atoms with Gasteiger partial charge in [0.25, 0.3) is 0 Å². The normalized spacial score (nSPS) is 13.9. The quantitative estimate of drug-likeness (QED) is 0.794. The molecule has 0 bridgehead atoms. The van der Waals surface area contributed by atoms with Crippen LogP contribution in [0.1, 0.15) is 29.5 Å². The van der Waals surface area contributed by atoms with Crippen LogP contribution in [0.5, 0.6) is 5.88 Å². The molecular weight excluding hydrogens is 300 g/mol. The fraction of sp³-hybridized carbons (Fsp3) is 0.300. The first-order chi connectivity index (χ1) is 11.7. The zero-order chi connectivity index (χ0) is 16.8. The molecular formula is C20H22N2O2. The maximum absolute atomic E-state index is 11.9. The van der Waals surface area contributed by atoms with Gasteiger partial charge < -0.3 is 10.1 Å². The van der Waals surface area contributed by atoms with Gasteiger partial charge >= 0.3 is 0 Å². The molecule has 0 spiro atoms. The van der Waals surface area contributed by atoms with Crippen LogP contribution in [-0.4, -0.2) is 17.5 Å². The van der Waals surface area contributed by atoms with Crippen molar-refractivity contribution in [3.63, 3.8) is 0 Å². The Kier molecular flexibility index (Phi) is 5.26. The number of amides is 1. The molecule has 4 nitrogen and oxygen atoms in total. The van der Waals surface area contributed by atoms with Crippen molar-refractivity contribution in [3.8, 4) is 5.88 Å². The lowest BCUT2D eigenvalue weighted by Gasteiger charge is -2.06. The highest BCUT2D eigenvalue weighted by Gasteiger charge is 2.21. The maximum atomic E-state index is 11.9. The molecule has 1 aromatic carbocycles. The Labute approximate surface area is 142 Å². The summed E-state index contributed by atoms with van der Waals surface area (Å²) in [4.78, 5) is 16.1. The van der Waals surface area contributed by atoms with Crippen LogP contribution in [0.2, 0.25) is 0 Å². The van der Waals surface area contributed by atoms with Crippen molar-refractivity contribution in [3.05, 3.63) is 65.4 Å². The SMILES string of the molecule is Cc1ccc(/C=C/C(=O)NCc2ccc(OCC3CC3)nc2)cc1. The standard InChI is InChI=1S/C20H22N2O2/c1-15-2-4-16(5-3-15)8-10-19(23)21-12-18-9-11-20(22-13-18)24-14-17-6-7-17/h2-5,8-11,13,17H,6-7,12,14H2,1H3,(H,21,23)/b10-8+. The second-order valence-corrected chi connectivity index (χ2v) is 6.22. The fourth-order valence-corrected chi connectivity index (χ4v) is 2.19. The van der Waals surface area contributed by atoms with Gasteiger partial charge in [-0.3, -0.25) is 4.79 Å². The fourth-order valence-electron chi connectivity index (χ4n) is 2.19. The Morgan fingerprint density at radius 3 is 2.71 bits per heavy atom. The van der Waals surface area contributed by atoms with Gasteiger partial charge in [-0.25, -0.2) is 4.98 Å². The number of nitrogens with zero attached hydrogens (tertiary/aromatic N) is 1. The molecule has 1 aliphatic rings. The zero-order valence-corrected chi connectivity index (χ0v) is 13.9. The van der Waals surface area contributed by atoms with E-state index in [1.165, 1.54) is 18.4 Å². The summed E-state index contributed by atoms with van der Waals surface area (Å²) in [6, 6.07) is 11.8. The predicted octanol–water partition coefficient (Wildman–Crippen LogP) is 3.51. The second kappa shape index (κ2) is 7.77. The van der Waals surface area contributed by atoms with E-state index in [9.17, 15) is 4.79 Å². The molecule has 3 rings (SSSR count). The average molecular weight is 322 g/mol. The average Bonchev–Trinajstić information content (AvgIpc) is 3.43. The Morgan fingerprint density at radius 2 is 2.04 bits per heavy atom.